The van der Waals surface area contributed by atoms with Gasteiger partial charge in [0.2, 0.25) is 0 Å². The number of aromatic nitrogens is 1. The van der Waals surface area contributed by atoms with Crippen molar-refractivity contribution in [3.8, 4) is 0 Å². The van der Waals surface area contributed by atoms with E-state index < -0.39 is 0 Å². The molecule has 0 aromatic carbocycles. The van der Waals surface area contributed by atoms with Crippen molar-refractivity contribution in [2.75, 3.05) is 0 Å². The quantitative estimate of drug-likeness (QED) is 0.706. The van der Waals surface area contributed by atoms with Crippen LogP contribution < -0.4 is 5.32 Å². The topological polar surface area (TPSA) is 24.9 Å². The fraction of sp³-hybridized carbons (Fsp3) is 0.444. The maximum Gasteiger partial charge on any atom is 0.0795 e. The molecule has 0 bridgehead atoms. The molecule has 0 saturated heterocycles. The van der Waals surface area contributed by atoms with Crippen LogP contribution in [0.15, 0.2) is 23.5 Å². The Balaban J connectivity index is 2.21. The minimum atomic E-state index is 0.490. The van der Waals surface area contributed by atoms with Gasteiger partial charge < -0.3 is 5.32 Å². The summed E-state index contributed by atoms with van der Waals surface area (Å²) in [5, 5.41) is 5.42. The average molecular weight is 182 g/mol. The predicted octanol–water partition coefficient (Wildman–Crippen LogP) is 2.20. The molecule has 0 radical (unpaired) electrons. The maximum atomic E-state index is 4.18. The van der Waals surface area contributed by atoms with Crippen LogP contribution >= 0.6 is 11.3 Å². The van der Waals surface area contributed by atoms with Gasteiger partial charge in [0.05, 0.1) is 11.2 Å². The van der Waals surface area contributed by atoms with Crippen LogP contribution in [0.4, 0.5) is 0 Å². The molecule has 12 heavy (non-hydrogen) atoms. The molecule has 0 spiro atoms. The van der Waals surface area contributed by atoms with Gasteiger partial charge in [-0.1, -0.05) is 6.08 Å². The Hall–Kier alpha value is -0.670. The van der Waals surface area contributed by atoms with Crippen LogP contribution in [0.3, 0.4) is 0 Å². The highest BCUT2D eigenvalue weighted by atomic mass is 32.1. The highest BCUT2D eigenvalue weighted by Gasteiger charge is 1.99. The van der Waals surface area contributed by atoms with Crippen LogP contribution in [0.5, 0.6) is 0 Å². The van der Waals surface area contributed by atoms with Crippen LogP contribution in [0.2, 0.25) is 0 Å². The monoisotopic (exact) mass is 182 g/mol. The zero-order chi connectivity index (χ0) is 8.81. The summed E-state index contributed by atoms with van der Waals surface area (Å²) < 4.78 is 0. The van der Waals surface area contributed by atoms with Gasteiger partial charge in [-0.2, -0.15) is 0 Å². The second-order valence-electron chi connectivity index (χ2n) is 2.79. The summed E-state index contributed by atoms with van der Waals surface area (Å²) in [6, 6.07) is 0.490. The van der Waals surface area contributed by atoms with E-state index in [-0.39, 0.29) is 0 Å². The summed E-state index contributed by atoms with van der Waals surface area (Å²) in [7, 11) is 0. The molecule has 0 amide bonds. The molecule has 1 heterocycles. The van der Waals surface area contributed by atoms with E-state index in [1.165, 1.54) is 0 Å². The number of nitrogens with one attached hydrogen (secondary N) is 1. The summed E-state index contributed by atoms with van der Waals surface area (Å²) in [6.45, 7) is 6.70. The lowest BCUT2D eigenvalue weighted by Gasteiger charge is -2.09. The fourth-order valence-corrected chi connectivity index (χ4v) is 1.50. The molecule has 1 rings (SSSR count). The third kappa shape index (κ3) is 3.15. The first kappa shape index (κ1) is 9.42. The Morgan fingerprint density at radius 1 is 1.83 bits per heavy atom. The molecule has 1 unspecified atom stereocenters. The molecule has 0 aliphatic heterocycles. The van der Waals surface area contributed by atoms with Crippen LogP contribution in [0.1, 0.15) is 19.0 Å². The molecule has 66 valence electrons. The maximum absolute atomic E-state index is 4.18. The highest BCUT2D eigenvalue weighted by molar-refractivity contribution is 7.07. The molecule has 0 aliphatic carbocycles. The van der Waals surface area contributed by atoms with Crippen LogP contribution in [-0.2, 0) is 6.54 Å². The molecule has 1 N–H and O–H groups in total. The van der Waals surface area contributed by atoms with Gasteiger partial charge in [0.1, 0.15) is 0 Å². The molecule has 0 aliphatic rings. The third-order valence-corrected chi connectivity index (χ3v) is 2.27. The first-order chi connectivity index (χ1) is 5.83. The molecular formula is C9H14N2S. The van der Waals surface area contributed by atoms with Crippen molar-refractivity contribution < 1.29 is 0 Å². The highest BCUT2D eigenvalue weighted by Crippen LogP contribution is 2.01. The molecule has 2 nitrogen and oxygen atoms in total. The van der Waals surface area contributed by atoms with Gasteiger partial charge in [-0.3, -0.25) is 0 Å². The number of rotatable bonds is 5. The van der Waals surface area contributed by atoms with E-state index in [4.69, 9.17) is 0 Å². The second kappa shape index (κ2) is 5.06. The van der Waals surface area contributed by atoms with Crippen molar-refractivity contribution in [1.29, 1.82) is 0 Å². The largest absolute Gasteiger partial charge is 0.308 e. The normalized spacial score (nSPS) is 12.8. The molecule has 0 fully saturated rings. The first-order valence-electron chi connectivity index (χ1n) is 4.04. The summed E-state index contributed by atoms with van der Waals surface area (Å²) >= 11 is 1.63. The summed E-state index contributed by atoms with van der Waals surface area (Å²) in [5.41, 5.74) is 2.98. The third-order valence-electron chi connectivity index (χ3n) is 1.64. The summed E-state index contributed by atoms with van der Waals surface area (Å²) in [6.07, 6.45) is 2.93. The van der Waals surface area contributed by atoms with Gasteiger partial charge in [0, 0.05) is 18.0 Å². The fourth-order valence-electron chi connectivity index (χ4n) is 0.937. The Kier molecular flexibility index (Phi) is 3.97. The molecular weight excluding hydrogens is 168 g/mol. The number of nitrogens with zero attached hydrogens (tertiary/aromatic N) is 1. The average Bonchev–Trinajstić information content (AvgIpc) is 2.53. The molecule has 3 heteroatoms. The molecule has 0 saturated carbocycles. The standard InChI is InChI=1S/C9H14N2S/c1-3-4-8(2)10-5-9-6-12-7-11-9/h3,6-8,10H,1,4-5H2,2H3. The van der Waals surface area contributed by atoms with Gasteiger partial charge in [-0.05, 0) is 13.3 Å². The predicted molar refractivity (Wildman–Crippen MR) is 53.2 cm³/mol. The lowest BCUT2D eigenvalue weighted by atomic mass is 10.2. The lowest BCUT2D eigenvalue weighted by molar-refractivity contribution is 0.549. The Bertz CT molecular complexity index is 218. The minimum Gasteiger partial charge on any atom is -0.308 e. The van der Waals surface area contributed by atoms with Gasteiger partial charge in [-0.15, -0.1) is 17.9 Å². The van der Waals surface area contributed by atoms with Gasteiger partial charge in [-0.25, -0.2) is 4.98 Å². The van der Waals surface area contributed by atoms with Crippen molar-refractivity contribution in [1.82, 2.24) is 10.3 Å². The van der Waals surface area contributed by atoms with Gasteiger partial charge >= 0.3 is 0 Å². The summed E-state index contributed by atoms with van der Waals surface area (Å²) in [4.78, 5) is 4.18. The Morgan fingerprint density at radius 3 is 3.25 bits per heavy atom. The first-order valence-corrected chi connectivity index (χ1v) is 4.98. The SMILES string of the molecule is C=CCC(C)NCc1cscn1. The number of thiazole rings is 1. The van der Waals surface area contributed by atoms with E-state index in [0.717, 1.165) is 18.7 Å². The number of hydrogen-bond acceptors (Lipinski definition) is 3. The smallest absolute Gasteiger partial charge is 0.0795 e. The zero-order valence-electron chi connectivity index (χ0n) is 7.29. The van der Waals surface area contributed by atoms with E-state index in [1.807, 2.05) is 11.6 Å². The van der Waals surface area contributed by atoms with Crippen molar-refractivity contribution in [2.24, 2.45) is 0 Å². The molecule has 1 atom stereocenters. The van der Waals surface area contributed by atoms with Gasteiger partial charge in [0.15, 0.2) is 0 Å². The zero-order valence-corrected chi connectivity index (χ0v) is 8.10. The molecule has 1 aromatic heterocycles. The van der Waals surface area contributed by atoms with Crippen molar-refractivity contribution >= 4 is 11.3 Å². The van der Waals surface area contributed by atoms with Crippen LogP contribution in [-0.4, -0.2) is 11.0 Å². The van der Waals surface area contributed by atoms with E-state index in [1.54, 1.807) is 11.3 Å². The minimum absolute atomic E-state index is 0.490. The summed E-state index contributed by atoms with van der Waals surface area (Å²) in [5.74, 6) is 0. The van der Waals surface area contributed by atoms with Crippen molar-refractivity contribution in [3.63, 3.8) is 0 Å². The van der Waals surface area contributed by atoms with E-state index in [9.17, 15) is 0 Å². The van der Waals surface area contributed by atoms with E-state index in [0.29, 0.717) is 6.04 Å². The van der Waals surface area contributed by atoms with Crippen LogP contribution in [0.25, 0.3) is 0 Å². The van der Waals surface area contributed by atoms with E-state index in [2.05, 4.69) is 29.2 Å². The number of hydrogen-bond donors (Lipinski definition) is 1. The van der Waals surface area contributed by atoms with Crippen molar-refractivity contribution in [3.05, 3.63) is 29.2 Å². The van der Waals surface area contributed by atoms with Crippen molar-refractivity contribution in [2.45, 2.75) is 25.9 Å². The second-order valence-corrected chi connectivity index (χ2v) is 3.50. The van der Waals surface area contributed by atoms with Gasteiger partial charge in [0.25, 0.3) is 0 Å². The Labute approximate surface area is 77.3 Å². The lowest BCUT2D eigenvalue weighted by Crippen LogP contribution is -2.24. The molecule has 1 aromatic rings. The van der Waals surface area contributed by atoms with E-state index >= 15 is 0 Å². The van der Waals surface area contributed by atoms with Crippen LogP contribution in [0, 0.1) is 0 Å². The Morgan fingerprint density at radius 2 is 2.67 bits per heavy atom.